The van der Waals surface area contributed by atoms with Crippen molar-refractivity contribution in [3.05, 3.63) is 77.8 Å². The van der Waals surface area contributed by atoms with Gasteiger partial charge in [-0.1, -0.05) is 12.1 Å². The molecule has 3 aromatic rings. The third-order valence-electron chi connectivity index (χ3n) is 3.65. The van der Waals surface area contributed by atoms with Crippen LogP contribution in [0.25, 0.3) is 11.3 Å². The third-order valence-corrected chi connectivity index (χ3v) is 3.65. The van der Waals surface area contributed by atoms with E-state index in [9.17, 15) is 9.18 Å². The van der Waals surface area contributed by atoms with Crippen molar-refractivity contribution in [3.63, 3.8) is 0 Å². The molecule has 114 valence electrons. The maximum Gasteiger partial charge on any atom is 0.258 e. The van der Waals surface area contributed by atoms with E-state index in [-0.39, 0.29) is 11.7 Å². The number of hydrogen-bond acceptors (Lipinski definition) is 3. The molecule has 5 heteroatoms. The minimum atomic E-state index is -0.688. The molecule has 1 aliphatic heterocycles. The summed E-state index contributed by atoms with van der Waals surface area (Å²) < 4.78 is 24.5. The highest BCUT2D eigenvalue weighted by atomic mass is 19.1. The van der Waals surface area contributed by atoms with Crippen molar-refractivity contribution in [1.29, 1.82) is 0 Å². The fraction of sp³-hybridized carbons (Fsp3) is 0.0556. The standard InChI is InChI=1S/C18H12FNO3/c19-12-7-5-11(6-8-12)14-9-10-16(22-14)18-20-17(21)13-3-1-2-4-15(13)23-18/h1-10,18H,(H,20,21)/t18-/m1/s1. The Labute approximate surface area is 131 Å². The molecule has 0 saturated carbocycles. The average molecular weight is 309 g/mol. The molecule has 1 N–H and O–H groups in total. The van der Waals surface area contributed by atoms with E-state index in [4.69, 9.17) is 9.15 Å². The number of hydrogen-bond donors (Lipinski definition) is 1. The molecule has 0 bridgehead atoms. The largest absolute Gasteiger partial charge is 0.462 e. The van der Waals surface area contributed by atoms with Gasteiger partial charge in [0.15, 0.2) is 5.76 Å². The fourth-order valence-electron chi connectivity index (χ4n) is 2.50. The highest BCUT2D eigenvalue weighted by Crippen LogP contribution is 2.31. The van der Waals surface area contributed by atoms with E-state index in [1.807, 2.05) is 0 Å². The minimum absolute atomic E-state index is 0.211. The Morgan fingerprint density at radius 3 is 2.57 bits per heavy atom. The van der Waals surface area contributed by atoms with Crippen molar-refractivity contribution >= 4 is 5.91 Å². The number of rotatable bonds is 2. The maximum atomic E-state index is 13.0. The molecule has 0 unspecified atom stereocenters. The highest BCUT2D eigenvalue weighted by molar-refractivity contribution is 5.97. The summed E-state index contributed by atoms with van der Waals surface area (Å²) in [4.78, 5) is 12.1. The van der Waals surface area contributed by atoms with Crippen molar-refractivity contribution in [2.75, 3.05) is 0 Å². The molecular formula is C18H12FNO3. The predicted octanol–water partition coefficient (Wildman–Crippen LogP) is 3.91. The summed E-state index contributed by atoms with van der Waals surface area (Å²) in [6, 6.07) is 16.5. The molecule has 1 aromatic heterocycles. The molecule has 0 spiro atoms. The minimum Gasteiger partial charge on any atom is -0.462 e. The SMILES string of the molecule is O=C1N[C@@H](c2ccc(-c3ccc(F)cc3)o2)Oc2ccccc21. The monoisotopic (exact) mass is 309 g/mol. The van der Waals surface area contributed by atoms with Crippen LogP contribution in [0.1, 0.15) is 22.3 Å². The van der Waals surface area contributed by atoms with Crippen molar-refractivity contribution in [1.82, 2.24) is 5.32 Å². The van der Waals surface area contributed by atoms with E-state index in [1.54, 1.807) is 48.5 Å². The number of ether oxygens (including phenoxy) is 1. The Kier molecular flexibility index (Phi) is 3.12. The Morgan fingerprint density at radius 1 is 0.957 bits per heavy atom. The molecule has 4 nitrogen and oxygen atoms in total. The van der Waals surface area contributed by atoms with Gasteiger partial charge in [0.1, 0.15) is 17.3 Å². The van der Waals surface area contributed by atoms with Crippen LogP contribution in [0.5, 0.6) is 5.75 Å². The molecule has 2 aromatic carbocycles. The molecule has 0 fully saturated rings. The molecule has 1 amide bonds. The number of nitrogens with one attached hydrogen (secondary N) is 1. The van der Waals surface area contributed by atoms with Gasteiger partial charge >= 0.3 is 0 Å². The number of furan rings is 1. The van der Waals surface area contributed by atoms with Crippen molar-refractivity contribution in [3.8, 4) is 17.1 Å². The first-order chi connectivity index (χ1) is 11.2. The second-order valence-electron chi connectivity index (χ2n) is 5.18. The molecule has 1 aliphatic rings. The van der Waals surface area contributed by atoms with E-state index < -0.39 is 6.23 Å². The van der Waals surface area contributed by atoms with E-state index in [0.717, 1.165) is 5.56 Å². The number of amides is 1. The summed E-state index contributed by atoms with van der Waals surface area (Å²) in [5, 5.41) is 2.75. The second kappa shape index (κ2) is 5.28. The topological polar surface area (TPSA) is 51.5 Å². The maximum absolute atomic E-state index is 13.0. The van der Waals surface area contributed by atoms with Crippen LogP contribution in [0, 0.1) is 5.82 Å². The van der Waals surface area contributed by atoms with Crippen LogP contribution in [-0.4, -0.2) is 5.91 Å². The van der Waals surface area contributed by atoms with Gasteiger partial charge in [0, 0.05) is 5.56 Å². The lowest BCUT2D eigenvalue weighted by atomic mass is 10.1. The number of benzene rings is 2. The molecule has 0 radical (unpaired) electrons. The summed E-state index contributed by atoms with van der Waals surface area (Å²) in [5.41, 5.74) is 1.24. The molecule has 1 atom stereocenters. The zero-order valence-corrected chi connectivity index (χ0v) is 12.0. The van der Waals surface area contributed by atoms with Gasteiger partial charge < -0.3 is 14.5 Å². The second-order valence-corrected chi connectivity index (χ2v) is 5.18. The lowest BCUT2D eigenvalue weighted by molar-refractivity contribution is 0.0709. The first-order valence-corrected chi connectivity index (χ1v) is 7.13. The number of fused-ring (bicyclic) bond motifs is 1. The average Bonchev–Trinajstić information content (AvgIpc) is 3.05. The molecule has 0 aliphatic carbocycles. The van der Waals surface area contributed by atoms with Gasteiger partial charge in [0.2, 0.25) is 6.23 Å². The van der Waals surface area contributed by atoms with E-state index in [1.165, 1.54) is 12.1 Å². The summed E-state index contributed by atoms with van der Waals surface area (Å²) in [6.45, 7) is 0. The van der Waals surface area contributed by atoms with Crippen LogP contribution in [0.2, 0.25) is 0 Å². The Balaban J connectivity index is 1.63. The van der Waals surface area contributed by atoms with Crippen LogP contribution < -0.4 is 10.1 Å². The smallest absolute Gasteiger partial charge is 0.258 e. The Morgan fingerprint density at radius 2 is 1.74 bits per heavy atom. The lowest BCUT2D eigenvalue weighted by Gasteiger charge is -2.25. The van der Waals surface area contributed by atoms with Crippen LogP contribution in [0.15, 0.2) is 65.1 Å². The van der Waals surface area contributed by atoms with E-state index >= 15 is 0 Å². The first kappa shape index (κ1) is 13.6. The van der Waals surface area contributed by atoms with Gasteiger partial charge in [0.05, 0.1) is 5.56 Å². The van der Waals surface area contributed by atoms with Crippen LogP contribution in [0.3, 0.4) is 0 Å². The van der Waals surface area contributed by atoms with Crippen molar-refractivity contribution in [2.24, 2.45) is 0 Å². The summed E-state index contributed by atoms with van der Waals surface area (Å²) in [7, 11) is 0. The van der Waals surface area contributed by atoms with Gasteiger partial charge in [-0.15, -0.1) is 0 Å². The number of para-hydroxylation sites is 1. The van der Waals surface area contributed by atoms with Crippen molar-refractivity contribution < 1.29 is 18.3 Å². The first-order valence-electron chi connectivity index (χ1n) is 7.13. The fourth-order valence-corrected chi connectivity index (χ4v) is 2.50. The quantitative estimate of drug-likeness (QED) is 0.781. The van der Waals surface area contributed by atoms with Gasteiger partial charge in [-0.05, 0) is 48.5 Å². The van der Waals surface area contributed by atoms with E-state index in [2.05, 4.69) is 5.32 Å². The van der Waals surface area contributed by atoms with Gasteiger partial charge in [-0.3, -0.25) is 4.79 Å². The molecule has 4 rings (SSSR count). The highest BCUT2D eigenvalue weighted by Gasteiger charge is 2.28. The van der Waals surface area contributed by atoms with Crippen LogP contribution in [-0.2, 0) is 0 Å². The molecule has 0 saturated heterocycles. The predicted molar refractivity (Wildman–Crippen MR) is 81.4 cm³/mol. The lowest BCUT2D eigenvalue weighted by Crippen LogP contribution is -2.36. The van der Waals surface area contributed by atoms with Crippen LogP contribution >= 0.6 is 0 Å². The van der Waals surface area contributed by atoms with Gasteiger partial charge in [-0.2, -0.15) is 0 Å². The zero-order valence-electron chi connectivity index (χ0n) is 12.0. The summed E-state index contributed by atoms with van der Waals surface area (Å²) >= 11 is 0. The van der Waals surface area contributed by atoms with Gasteiger partial charge in [-0.25, -0.2) is 4.39 Å². The Bertz CT molecular complexity index is 870. The molecular weight excluding hydrogens is 297 g/mol. The zero-order chi connectivity index (χ0) is 15.8. The normalized spacial score (nSPS) is 16.4. The van der Waals surface area contributed by atoms with E-state index in [0.29, 0.717) is 22.8 Å². The Hall–Kier alpha value is -3.08. The van der Waals surface area contributed by atoms with Crippen LogP contribution in [0.4, 0.5) is 4.39 Å². The summed E-state index contributed by atoms with van der Waals surface area (Å²) in [6.07, 6.45) is -0.688. The number of carbonyl (C=O) groups excluding carboxylic acids is 1. The van der Waals surface area contributed by atoms with Gasteiger partial charge in [0.25, 0.3) is 5.91 Å². The number of carbonyl (C=O) groups is 1. The summed E-state index contributed by atoms with van der Waals surface area (Å²) in [5.74, 6) is 1.06. The van der Waals surface area contributed by atoms with Crippen molar-refractivity contribution in [2.45, 2.75) is 6.23 Å². The third kappa shape index (κ3) is 2.46. The molecule has 23 heavy (non-hydrogen) atoms. The number of halogens is 1. The molecule has 2 heterocycles.